The first-order valence-corrected chi connectivity index (χ1v) is 8.95. The lowest BCUT2D eigenvalue weighted by Crippen LogP contribution is -2.38. The molecule has 2 heterocycles. The van der Waals surface area contributed by atoms with Crippen LogP contribution >= 0.6 is 0 Å². The van der Waals surface area contributed by atoms with E-state index in [2.05, 4.69) is 31.1 Å². The Bertz CT molecular complexity index is 859. The lowest BCUT2D eigenvalue weighted by molar-refractivity contribution is -0.127. The second-order valence-electron chi connectivity index (χ2n) is 5.96. The van der Waals surface area contributed by atoms with Crippen LogP contribution in [0.4, 0.5) is 17.3 Å². The summed E-state index contributed by atoms with van der Waals surface area (Å²) >= 11 is 0. The van der Waals surface area contributed by atoms with Crippen molar-refractivity contribution in [3.63, 3.8) is 0 Å². The molecule has 28 heavy (non-hydrogen) atoms. The first-order valence-electron chi connectivity index (χ1n) is 8.95. The zero-order valence-electron chi connectivity index (χ0n) is 15.5. The molecule has 0 radical (unpaired) electrons. The van der Waals surface area contributed by atoms with E-state index in [-0.39, 0.29) is 5.91 Å². The van der Waals surface area contributed by atoms with Crippen LogP contribution < -0.4 is 20.7 Å². The fourth-order valence-electron chi connectivity index (χ4n) is 2.35. The second kappa shape index (κ2) is 9.86. The van der Waals surface area contributed by atoms with Crippen molar-refractivity contribution in [3.05, 3.63) is 67.0 Å². The molecule has 0 bridgehead atoms. The first-order chi connectivity index (χ1) is 13.7. The summed E-state index contributed by atoms with van der Waals surface area (Å²) in [6.07, 6.45) is 2.84. The van der Waals surface area contributed by atoms with Gasteiger partial charge in [-0.25, -0.2) is 0 Å². The number of amides is 1. The molecule has 1 amide bonds. The maximum absolute atomic E-state index is 12.1. The Morgan fingerprint density at radius 1 is 1.00 bits per heavy atom. The van der Waals surface area contributed by atoms with E-state index in [0.717, 1.165) is 5.69 Å². The number of anilines is 3. The Morgan fingerprint density at radius 2 is 1.79 bits per heavy atom. The van der Waals surface area contributed by atoms with Crippen LogP contribution in [-0.4, -0.2) is 40.3 Å². The number of pyridine rings is 1. The van der Waals surface area contributed by atoms with Crippen LogP contribution in [0, 0.1) is 0 Å². The zero-order valence-corrected chi connectivity index (χ0v) is 15.5. The van der Waals surface area contributed by atoms with Crippen LogP contribution in [0.5, 0.6) is 5.75 Å². The highest BCUT2D eigenvalue weighted by molar-refractivity contribution is 5.80. The van der Waals surface area contributed by atoms with E-state index in [0.29, 0.717) is 30.5 Å². The Hall–Kier alpha value is -3.68. The van der Waals surface area contributed by atoms with E-state index in [1.807, 2.05) is 54.6 Å². The van der Waals surface area contributed by atoms with E-state index in [9.17, 15) is 4.79 Å². The molecule has 0 saturated heterocycles. The predicted molar refractivity (Wildman–Crippen MR) is 108 cm³/mol. The summed E-state index contributed by atoms with van der Waals surface area (Å²) < 4.78 is 5.59. The molecule has 3 aromatic rings. The monoisotopic (exact) mass is 378 g/mol. The molecule has 0 spiro atoms. The van der Waals surface area contributed by atoms with Gasteiger partial charge in [0.1, 0.15) is 11.6 Å². The molecule has 3 rings (SSSR count). The van der Waals surface area contributed by atoms with E-state index in [4.69, 9.17) is 4.74 Å². The summed E-state index contributed by atoms with van der Waals surface area (Å²) in [6.45, 7) is 2.68. The third-order valence-electron chi connectivity index (χ3n) is 3.75. The minimum absolute atomic E-state index is 0.173. The quantitative estimate of drug-likeness (QED) is 0.492. The summed E-state index contributed by atoms with van der Waals surface area (Å²) in [5, 5.41) is 17.2. The van der Waals surface area contributed by atoms with Crippen molar-refractivity contribution in [2.75, 3.05) is 23.7 Å². The highest BCUT2D eigenvalue weighted by atomic mass is 16.5. The van der Waals surface area contributed by atoms with Gasteiger partial charge in [-0.15, -0.1) is 10.2 Å². The summed E-state index contributed by atoms with van der Waals surface area (Å²) in [6, 6.07) is 16.6. The van der Waals surface area contributed by atoms with Crippen molar-refractivity contribution in [1.82, 2.24) is 20.5 Å². The van der Waals surface area contributed by atoms with Gasteiger partial charge in [0.05, 0.1) is 11.9 Å². The van der Waals surface area contributed by atoms with Crippen LogP contribution in [-0.2, 0) is 4.79 Å². The average Bonchev–Trinajstić information content (AvgIpc) is 2.73. The highest BCUT2D eigenvalue weighted by Crippen LogP contribution is 2.13. The van der Waals surface area contributed by atoms with Crippen LogP contribution in [0.15, 0.2) is 67.0 Å². The number of benzene rings is 1. The van der Waals surface area contributed by atoms with Gasteiger partial charge < -0.3 is 20.7 Å². The molecule has 8 heteroatoms. The fraction of sp³-hybridized carbons (Fsp3) is 0.200. The Labute approximate surface area is 163 Å². The maximum Gasteiger partial charge on any atom is 0.260 e. The van der Waals surface area contributed by atoms with Crippen molar-refractivity contribution >= 4 is 23.2 Å². The van der Waals surface area contributed by atoms with Gasteiger partial charge in [0, 0.05) is 19.3 Å². The molecule has 0 fully saturated rings. The number of carbonyl (C=O) groups excluding carboxylic acids is 1. The number of rotatable bonds is 9. The standard InChI is InChI=1S/C20H22N6O2/c1-15(28-17-7-3-2-4-8-17)20(27)23-13-12-22-18-9-10-19(26-25-18)24-16-6-5-11-21-14-16/h2-11,14-15H,12-13H2,1H3,(H,22,25)(H,23,27)(H,24,26)/t15-/m0/s1. The van der Waals surface area contributed by atoms with Gasteiger partial charge in [-0.05, 0) is 43.3 Å². The van der Waals surface area contributed by atoms with Crippen molar-refractivity contribution in [2.24, 2.45) is 0 Å². The molecule has 3 N–H and O–H groups in total. The van der Waals surface area contributed by atoms with E-state index < -0.39 is 6.10 Å². The van der Waals surface area contributed by atoms with Gasteiger partial charge in [0.2, 0.25) is 0 Å². The third kappa shape index (κ3) is 5.94. The number of nitrogens with one attached hydrogen (secondary N) is 3. The summed E-state index contributed by atoms with van der Waals surface area (Å²) in [5.41, 5.74) is 0.840. The molecule has 0 aliphatic rings. The molecule has 144 valence electrons. The molecule has 8 nitrogen and oxygen atoms in total. The Morgan fingerprint density at radius 3 is 2.50 bits per heavy atom. The third-order valence-corrected chi connectivity index (χ3v) is 3.75. The number of hydrogen-bond acceptors (Lipinski definition) is 7. The molecule has 1 atom stereocenters. The van der Waals surface area contributed by atoms with Gasteiger partial charge in [-0.1, -0.05) is 18.2 Å². The van der Waals surface area contributed by atoms with E-state index in [1.54, 1.807) is 19.3 Å². The van der Waals surface area contributed by atoms with E-state index in [1.165, 1.54) is 0 Å². The van der Waals surface area contributed by atoms with Crippen LogP contribution in [0.2, 0.25) is 0 Å². The SMILES string of the molecule is C[C@H](Oc1ccccc1)C(=O)NCCNc1ccc(Nc2cccnc2)nn1. The molecular formula is C20H22N6O2. The van der Waals surface area contributed by atoms with Gasteiger partial charge in [-0.3, -0.25) is 9.78 Å². The lowest BCUT2D eigenvalue weighted by Gasteiger charge is -2.14. The molecule has 1 aromatic carbocycles. The first kappa shape index (κ1) is 19.1. The van der Waals surface area contributed by atoms with Crippen LogP contribution in [0.3, 0.4) is 0 Å². The number of aromatic nitrogens is 3. The van der Waals surface area contributed by atoms with Gasteiger partial charge in [0.15, 0.2) is 11.9 Å². The fourth-order valence-corrected chi connectivity index (χ4v) is 2.35. The topological polar surface area (TPSA) is 101 Å². The molecule has 0 unspecified atom stereocenters. The molecule has 0 aliphatic carbocycles. The second-order valence-corrected chi connectivity index (χ2v) is 5.96. The lowest BCUT2D eigenvalue weighted by atomic mass is 10.3. The molecule has 0 saturated carbocycles. The molecule has 2 aromatic heterocycles. The number of carbonyl (C=O) groups is 1. The summed E-state index contributed by atoms with van der Waals surface area (Å²) in [5.74, 6) is 1.74. The average molecular weight is 378 g/mol. The Balaban J connectivity index is 1.37. The molecular weight excluding hydrogens is 356 g/mol. The maximum atomic E-state index is 12.1. The summed E-state index contributed by atoms with van der Waals surface area (Å²) in [7, 11) is 0. The summed E-state index contributed by atoms with van der Waals surface area (Å²) in [4.78, 5) is 16.1. The number of hydrogen-bond donors (Lipinski definition) is 3. The van der Waals surface area contributed by atoms with Gasteiger partial charge in [0.25, 0.3) is 5.91 Å². The Kier molecular flexibility index (Phi) is 6.73. The van der Waals surface area contributed by atoms with Crippen molar-refractivity contribution in [3.8, 4) is 5.75 Å². The van der Waals surface area contributed by atoms with Gasteiger partial charge in [-0.2, -0.15) is 0 Å². The minimum Gasteiger partial charge on any atom is -0.481 e. The molecule has 0 aliphatic heterocycles. The van der Waals surface area contributed by atoms with Crippen LogP contribution in [0.1, 0.15) is 6.92 Å². The van der Waals surface area contributed by atoms with Crippen LogP contribution in [0.25, 0.3) is 0 Å². The zero-order chi connectivity index (χ0) is 19.6. The van der Waals surface area contributed by atoms with Gasteiger partial charge >= 0.3 is 0 Å². The number of nitrogens with zero attached hydrogens (tertiary/aromatic N) is 3. The van der Waals surface area contributed by atoms with E-state index >= 15 is 0 Å². The normalized spacial score (nSPS) is 11.3. The van der Waals surface area contributed by atoms with Crippen molar-refractivity contribution < 1.29 is 9.53 Å². The minimum atomic E-state index is -0.569. The number of ether oxygens (including phenoxy) is 1. The van der Waals surface area contributed by atoms with Crippen molar-refractivity contribution in [2.45, 2.75) is 13.0 Å². The highest BCUT2D eigenvalue weighted by Gasteiger charge is 2.13. The smallest absolute Gasteiger partial charge is 0.260 e. The van der Waals surface area contributed by atoms with Crippen molar-refractivity contribution in [1.29, 1.82) is 0 Å². The number of para-hydroxylation sites is 1. The largest absolute Gasteiger partial charge is 0.481 e. The predicted octanol–water partition coefficient (Wildman–Crippen LogP) is 2.61.